The van der Waals surface area contributed by atoms with Crippen molar-refractivity contribution in [3.05, 3.63) is 98.8 Å². The van der Waals surface area contributed by atoms with Crippen LogP contribution >= 0.6 is 35.0 Å². The van der Waals surface area contributed by atoms with Crippen LogP contribution in [-0.2, 0) is 24.4 Å². The Morgan fingerprint density at radius 2 is 1.93 bits per heavy atom. The van der Waals surface area contributed by atoms with E-state index < -0.39 is 5.97 Å². The maximum absolute atomic E-state index is 11.5. The summed E-state index contributed by atoms with van der Waals surface area (Å²) in [5.74, 6) is 0.601. The summed E-state index contributed by atoms with van der Waals surface area (Å²) in [7, 11) is 0. The van der Waals surface area contributed by atoms with Gasteiger partial charge in [0.25, 0.3) is 0 Å². The number of ether oxygens (including phenoxy) is 2. The van der Waals surface area contributed by atoms with Crippen molar-refractivity contribution in [3.63, 3.8) is 0 Å². The Hall–Kier alpha value is -3.01. The molecule has 0 saturated carbocycles. The van der Waals surface area contributed by atoms with Gasteiger partial charge in [0.15, 0.2) is 0 Å². The first-order valence-corrected chi connectivity index (χ1v) is 16.0. The van der Waals surface area contributed by atoms with Crippen molar-refractivity contribution in [2.45, 2.75) is 32.2 Å². The first-order valence-electron chi connectivity index (χ1n) is 13.7. The lowest BCUT2D eigenvalue weighted by atomic mass is 10.0. The maximum atomic E-state index is 11.5. The molecule has 1 unspecified atom stereocenters. The van der Waals surface area contributed by atoms with Gasteiger partial charge in [0, 0.05) is 24.7 Å². The van der Waals surface area contributed by atoms with Crippen LogP contribution in [0.4, 0.5) is 0 Å². The Morgan fingerprint density at radius 3 is 2.62 bits per heavy atom. The molecule has 0 amide bonds. The number of hydrogen-bond donors (Lipinski definition) is 1. The van der Waals surface area contributed by atoms with Gasteiger partial charge in [0.1, 0.15) is 18.2 Å². The average Bonchev–Trinajstić information content (AvgIpc) is 3.25. The van der Waals surface area contributed by atoms with Gasteiger partial charge in [-0.2, -0.15) is 11.8 Å². The number of aromatic nitrogens is 2. The molecule has 0 aliphatic carbocycles. The van der Waals surface area contributed by atoms with E-state index >= 15 is 0 Å². The highest BCUT2D eigenvalue weighted by molar-refractivity contribution is 7.97. The Labute approximate surface area is 260 Å². The van der Waals surface area contributed by atoms with E-state index in [4.69, 9.17) is 37.7 Å². The molecule has 1 aromatic heterocycles. The number of halogens is 2. The van der Waals surface area contributed by atoms with Crippen molar-refractivity contribution in [3.8, 4) is 5.75 Å². The number of imidazole rings is 1. The zero-order valence-corrected chi connectivity index (χ0v) is 25.9. The Balaban J connectivity index is 0.00000113. The number of fused-ring (bicyclic) bond motifs is 1. The molecule has 0 spiro atoms. The van der Waals surface area contributed by atoms with Crippen LogP contribution in [-0.4, -0.2) is 63.8 Å². The highest BCUT2D eigenvalue weighted by Gasteiger charge is 2.26. The number of carboxylic acids is 1. The van der Waals surface area contributed by atoms with Crippen LogP contribution in [0.2, 0.25) is 10.0 Å². The largest absolute Gasteiger partial charge is 0.487 e. The number of rotatable bonds is 9. The minimum absolute atomic E-state index is 0.147. The lowest BCUT2D eigenvalue weighted by Crippen LogP contribution is -2.40. The minimum Gasteiger partial charge on any atom is -0.487 e. The Bertz CT molecular complexity index is 1590. The molecule has 2 aliphatic heterocycles. The third-order valence-electron chi connectivity index (χ3n) is 7.08. The van der Waals surface area contributed by atoms with Crippen molar-refractivity contribution in [2.24, 2.45) is 0 Å². The minimum atomic E-state index is -0.937. The molecule has 3 aromatic carbocycles. The lowest BCUT2D eigenvalue weighted by molar-refractivity contribution is -0.0592. The number of nitrogens with zero attached hydrogens (tertiary/aromatic N) is 3. The van der Waals surface area contributed by atoms with Crippen molar-refractivity contribution in [1.82, 2.24) is 14.5 Å². The Kier molecular flexibility index (Phi) is 10.1. The zero-order valence-electron chi connectivity index (χ0n) is 23.6. The van der Waals surface area contributed by atoms with Crippen LogP contribution in [0, 0.1) is 0 Å². The summed E-state index contributed by atoms with van der Waals surface area (Å²) in [6.45, 7) is 4.26. The van der Waals surface area contributed by atoms with E-state index in [-0.39, 0.29) is 11.7 Å². The highest BCUT2D eigenvalue weighted by Crippen LogP contribution is 2.29. The van der Waals surface area contributed by atoms with E-state index in [1.165, 1.54) is 5.57 Å². The summed E-state index contributed by atoms with van der Waals surface area (Å²) >= 11 is 13.9. The van der Waals surface area contributed by atoms with E-state index in [9.17, 15) is 9.90 Å². The average molecular weight is 627 g/mol. The van der Waals surface area contributed by atoms with Crippen LogP contribution in [0.5, 0.6) is 5.75 Å². The van der Waals surface area contributed by atoms with Gasteiger partial charge in [0.05, 0.1) is 40.8 Å². The Morgan fingerprint density at radius 1 is 1.14 bits per heavy atom. The molecule has 2 fully saturated rings. The fourth-order valence-corrected chi connectivity index (χ4v) is 5.42. The number of likely N-dealkylation sites (tertiary alicyclic amines) is 1. The first kappa shape index (κ1) is 30.4. The first-order chi connectivity index (χ1) is 20.3. The molecule has 1 atom stereocenters. The van der Waals surface area contributed by atoms with E-state index in [0.717, 1.165) is 54.1 Å². The van der Waals surface area contributed by atoms with Crippen molar-refractivity contribution in [2.75, 3.05) is 32.2 Å². The molecule has 10 heteroatoms. The van der Waals surface area contributed by atoms with Crippen LogP contribution < -0.4 is 4.74 Å². The fourth-order valence-electron chi connectivity index (χ4n) is 4.96. The van der Waals surface area contributed by atoms with Gasteiger partial charge < -0.3 is 19.1 Å². The molecule has 7 nitrogen and oxygen atoms in total. The molecule has 220 valence electrons. The molecule has 2 saturated heterocycles. The molecule has 4 aromatic rings. The smallest absolute Gasteiger partial charge is 0.335 e. The molecule has 42 heavy (non-hydrogen) atoms. The van der Waals surface area contributed by atoms with Crippen LogP contribution in [0.1, 0.15) is 33.7 Å². The third-order valence-corrected chi connectivity index (χ3v) is 7.61. The number of benzene rings is 3. The van der Waals surface area contributed by atoms with E-state index in [1.54, 1.807) is 48.2 Å². The van der Waals surface area contributed by atoms with Gasteiger partial charge in [-0.3, -0.25) is 4.90 Å². The van der Waals surface area contributed by atoms with Crippen LogP contribution in [0.25, 0.3) is 17.1 Å². The summed E-state index contributed by atoms with van der Waals surface area (Å²) in [5, 5.41) is 10.5. The standard InChI is InChI=1S/C30H27Cl2N3O4.C2H6S/c31-23-5-7-28(25(32)13-23)39-18-20-3-1-2-19(10-20)11-21-14-34(15-21)17-29-33-26-6-4-22(30(36)37)12-27(26)35(29)16-24-8-9-38-24;1-3-2/h1-7,10-13,24H,8-9,14-18H2,(H,36,37);1-2H3. The number of carbonyl (C=O) groups is 1. The monoisotopic (exact) mass is 625 g/mol. The number of aromatic carboxylic acids is 1. The third kappa shape index (κ3) is 7.49. The molecule has 0 bridgehead atoms. The molecular formula is C32H33Cl2N3O4S. The lowest BCUT2D eigenvalue weighted by Gasteiger charge is -2.34. The van der Waals surface area contributed by atoms with Crippen molar-refractivity contribution in [1.29, 1.82) is 0 Å². The summed E-state index contributed by atoms with van der Waals surface area (Å²) in [4.78, 5) is 18.7. The molecule has 6 rings (SSSR count). The second kappa shape index (κ2) is 14.0. The summed E-state index contributed by atoms with van der Waals surface area (Å²) in [5.41, 5.74) is 5.44. The van der Waals surface area contributed by atoms with Gasteiger partial charge in [-0.25, -0.2) is 9.78 Å². The molecule has 0 radical (unpaired) electrons. The van der Waals surface area contributed by atoms with Crippen molar-refractivity contribution < 1.29 is 19.4 Å². The second-order valence-electron chi connectivity index (χ2n) is 10.4. The van der Waals surface area contributed by atoms with Gasteiger partial charge in [0.2, 0.25) is 0 Å². The van der Waals surface area contributed by atoms with E-state index in [2.05, 4.69) is 27.7 Å². The zero-order chi connectivity index (χ0) is 29.6. The maximum Gasteiger partial charge on any atom is 0.335 e. The van der Waals surface area contributed by atoms with E-state index in [0.29, 0.717) is 35.5 Å². The highest BCUT2D eigenvalue weighted by atomic mass is 35.5. The number of carboxylic acid groups (broad SMARTS) is 1. The van der Waals surface area contributed by atoms with E-state index in [1.807, 2.05) is 24.6 Å². The molecular weight excluding hydrogens is 593 g/mol. The summed E-state index contributed by atoms with van der Waals surface area (Å²) in [6, 6.07) is 18.6. The quantitative estimate of drug-likeness (QED) is 0.209. The molecule has 3 heterocycles. The molecule has 2 aliphatic rings. The SMILES string of the molecule is CSC.O=C(O)c1ccc2nc(CN3CC(=Cc4cccc(COc5ccc(Cl)cc5Cl)c4)C3)n(CC3CCO3)c2c1. The topological polar surface area (TPSA) is 76.8 Å². The van der Waals surface area contributed by atoms with Gasteiger partial charge in [-0.1, -0.05) is 47.5 Å². The molecule has 1 N–H and O–H groups in total. The van der Waals surface area contributed by atoms with Gasteiger partial charge in [-0.15, -0.1) is 0 Å². The van der Waals surface area contributed by atoms with Gasteiger partial charge >= 0.3 is 5.97 Å². The summed E-state index contributed by atoms with van der Waals surface area (Å²) in [6.07, 6.45) is 7.46. The second-order valence-corrected chi connectivity index (χ2v) is 12.1. The van der Waals surface area contributed by atoms with Crippen LogP contribution in [0.15, 0.2) is 66.2 Å². The predicted molar refractivity (Wildman–Crippen MR) is 171 cm³/mol. The van der Waals surface area contributed by atoms with Crippen LogP contribution in [0.3, 0.4) is 0 Å². The van der Waals surface area contributed by atoms with Crippen molar-refractivity contribution >= 4 is 58.0 Å². The summed E-state index contributed by atoms with van der Waals surface area (Å²) < 4.78 is 13.7. The number of hydrogen-bond acceptors (Lipinski definition) is 6. The van der Waals surface area contributed by atoms with Gasteiger partial charge in [-0.05, 0) is 78.1 Å². The normalized spacial score (nSPS) is 16.3. The predicted octanol–water partition coefficient (Wildman–Crippen LogP) is 7.29. The fraction of sp³-hybridized carbons (Fsp3) is 0.312. The number of thioether (sulfide) groups is 1.